The van der Waals surface area contributed by atoms with Gasteiger partial charge in [0.25, 0.3) is 0 Å². The van der Waals surface area contributed by atoms with Crippen LogP contribution in [0.2, 0.25) is 10.0 Å². The monoisotopic (exact) mass is 297 g/mol. The molecule has 2 rings (SSSR count). The van der Waals surface area contributed by atoms with Crippen molar-refractivity contribution in [3.8, 4) is 0 Å². The minimum Gasteiger partial charge on any atom is -0.370 e. The molecule has 0 aliphatic heterocycles. The van der Waals surface area contributed by atoms with Crippen molar-refractivity contribution in [2.75, 3.05) is 6.54 Å². The summed E-state index contributed by atoms with van der Waals surface area (Å²) < 4.78 is 0. The molecule has 0 bridgehead atoms. The lowest BCUT2D eigenvalue weighted by atomic mass is 10.1. The maximum Gasteiger partial charge on any atom is 0.189 e. The molecule has 1 saturated carbocycles. The summed E-state index contributed by atoms with van der Waals surface area (Å²) in [6.07, 6.45) is 1.00. The number of aliphatic imine (C=N–C) groups is 1. The normalized spacial score (nSPS) is 22.2. The van der Waals surface area contributed by atoms with E-state index in [-0.39, 0.29) is 0 Å². The van der Waals surface area contributed by atoms with Crippen molar-refractivity contribution < 1.29 is 0 Å². The third-order valence-electron chi connectivity index (χ3n) is 3.01. The van der Waals surface area contributed by atoms with Gasteiger partial charge >= 0.3 is 0 Å². The van der Waals surface area contributed by atoms with Gasteiger partial charge in [-0.05, 0) is 31.0 Å². The number of hydrogen-bond acceptors (Lipinski definition) is 1. The molecule has 0 heterocycles. The maximum atomic E-state index is 6.18. The van der Waals surface area contributed by atoms with E-state index in [0.717, 1.165) is 17.6 Å². The Morgan fingerprint density at radius 1 is 1.53 bits per heavy atom. The minimum absolute atomic E-state index is 0.299. The van der Waals surface area contributed by atoms with Crippen molar-refractivity contribution in [1.82, 2.24) is 5.32 Å². The van der Waals surface area contributed by atoms with E-state index < -0.39 is 0 Å². The average Bonchev–Trinajstić information content (AvgIpc) is 3.05. The number of benzene rings is 1. The van der Waals surface area contributed by atoms with E-state index in [0.29, 0.717) is 34.5 Å². The fourth-order valence-corrected chi connectivity index (χ4v) is 2.50. The van der Waals surface area contributed by atoms with Crippen LogP contribution in [0.4, 0.5) is 0 Å². The molecule has 1 fully saturated rings. The number of guanidine groups is 1. The number of rotatable bonds is 4. The molecule has 1 aliphatic rings. The summed E-state index contributed by atoms with van der Waals surface area (Å²) in [5, 5.41) is 4.56. The number of nitrogens with two attached hydrogens (primary N) is 1. The van der Waals surface area contributed by atoms with E-state index in [1.807, 2.05) is 19.1 Å². The fraction of sp³-hybridized carbons (Fsp3) is 0.357. The lowest BCUT2D eigenvalue weighted by Gasteiger charge is -2.07. The zero-order valence-electron chi connectivity index (χ0n) is 10.8. The van der Waals surface area contributed by atoms with Gasteiger partial charge in [-0.1, -0.05) is 41.4 Å². The van der Waals surface area contributed by atoms with E-state index in [4.69, 9.17) is 28.9 Å². The quantitative estimate of drug-likeness (QED) is 0.509. The summed E-state index contributed by atoms with van der Waals surface area (Å²) in [4.78, 5) is 4.20. The molecular weight excluding hydrogens is 281 g/mol. The Hall–Kier alpha value is -1.19. The maximum absolute atomic E-state index is 6.18. The van der Waals surface area contributed by atoms with Crippen LogP contribution in [0.5, 0.6) is 0 Å². The first-order valence-electron chi connectivity index (χ1n) is 6.13. The molecule has 1 aliphatic carbocycles. The van der Waals surface area contributed by atoms with Crippen LogP contribution in [0.15, 0.2) is 35.3 Å². The molecule has 0 saturated heterocycles. The van der Waals surface area contributed by atoms with Crippen LogP contribution in [0.3, 0.4) is 0 Å². The van der Waals surface area contributed by atoms with Crippen LogP contribution in [0.1, 0.15) is 24.8 Å². The Labute approximate surface area is 123 Å². The van der Waals surface area contributed by atoms with E-state index in [2.05, 4.69) is 16.9 Å². The Bertz CT molecular complexity index is 525. The van der Waals surface area contributed by atoms with E-state index in [1.165, 1.54) is 0 Å². The first kappa shape index (κ1) is 14.2. The number of nitrogens with zero attached hydrogens (tertiary/aromatic N) is 1. The molecule has 0 radical (unpaired) electrons. The van der Waals surface area contributed by atoms with Gasteiger partial charge in [0.1, 0.15) is 0 Å². The van der Waals surface area contributed by atoms with Crippen LogP contribution >= 0.6 is 23.2 Å². The topological polar surface area (TPSA) is 50.4 Å². The number of nitrogens with one attached hydrogen (secondary N) is 1. The molecule has 3 nitrogen and oxygen atoms in total. The SMILES string of the molecule is C=C(C)CN=C(N)N[C@@H]1C[C@H]1c1ccc(Cl)cc1Cl. The second-order valence-electron chi connectivity index (χ2n) is 4.92. The molecule has 102 valence electrons. The Morgan fingerprint density at radius 3 is 2.89 bits per heavy atom. The highest BCUT2D eigenvalue weighted by atomic mass is 35.5. The molecule has 1 aromatic rings. The van der Waals surface area contributed by atoms with E-state index in [9.17, 15) is 0 Å². The summed E-state index contributed by atoms with van der Waals surface area (Å²) in [6.45, 7) is 6.26. The molecule has 5 heteroatoms. The van der Waals surface area contributed by atoms with Crippen molar-refractivity contribution in [3.63, 3.8) is 0 Å². The van der Waals surface area contributed by atoms with Gasteiger partial charge in [0.05, 0.1) is 6.54 Å². The molecular formula is C14H17Cl2N3. The van der Waals surface area contributed by atoms with Crippen molar-refractivity contribution in [2.24, 2.45) is 10.7 Å². The number of hydrogen-bond donors (Lipinski definition) is 2. The summed E-state index contributed by atoms with van der Waals surface area (Å²) in [7, 11) is 0. The van der Waals surface area contributed by atoms with Gasteiger partial charge in [-0.25, -0.2) is 4.99 Å². The molecule has 1 aromatic carbocycles. The molecule has 0 unspecified atom stereocenters. The first-order valence-corrected chi connectivity index (χ1v) is 6.88. The fourth-order valence-electron chi connectivity index (χ4n) is 1.96. The van der Waals surface area contributed by atoms with Crippen molar-refractivity contribution in [2.45, 2.75) is 25.3 Å². The van der Waals surface area contributed by atoms with Crippen LogP contribution in [-0.2, 0) is 0 Å². The first-order chi connectivity index (χ1) is 8.97. The third kappa shape index (κ3) is 3.88. The van der Waals surface area contributed by atoms with Crippen LogP contribution < -0.4 is 11.1 Å². The van der Waals surface area contributed by atoms with Crippen LogP contribution in [0, 0.1) is 0 Å². The molecule has 2 atom stereocenters. The Balaban J connectivity index is 1.94. The van der Waals surface area contributed by atoms with Gasteiger partial charge in [0.2, 0.25) is 0 Å². The predicted molar refractivity (Wildman–Crippen MR) is 82.0 cm³/mol. The van der Waals surface area contributed by atoms with Crippen molar-refractivity contribution in [3.05, 3.63) is 46.0 Å². The molecule has 0 aromatic heterocycles. The standard InChI is InChI=1S/C14H17Cl2N3/c1-8(2)7-18-14(17)19-13-6-11(13)10-4-3-9(15)5-12(10)16/h3-5,11,13H,1,6-7H2,2H3,(H3,17,18,19)/t11-,13+/m0/s1. The minimum atomic E-state index is 0.299. The van der Waals surface area contributed by atoms with Gasteiger partial charge in [-0.3, -0.25) is 0 Å². The lowest BCUT2D eigenvalue weighted by Crippen LogP contribution is -2.34. The highest BCUT2D eigenvalue weighted by Gasteiger charge is 2.39. The zero-order valence-corrected chi connectivity index (χ0v) is 12.3. The largest absolute Gasteiger partial charge is 0.370 e. The number of halogens is 2. The van der Waals surface area contributed by atoms with E-state index >= 15 is 0 Å². The Morgan fingerprint density at radius 2 is 2.26 bits per heavy atom. The summed E-state index contributed by atoms with van der Waals surface area (Å²) in [5.41, 5.74) is 7.90. The van der Waals surface area contributed by atoms with Crippen molar-refractivity contribution in [1.29, 1.82) is 0 Å². The predicted octanol–water partition coefficient (Wildman–Crippen LogP) is 3.33. The van der Waals surface area contributed by atoms with Gasteiger partial charge in [-0.15, -0.1) is 0 Å². The average molecular weight is 298 g/mol. The van der Waals surface area contributed by atoms with Gasteiger partial charge < -0.3 is 11.1 Å². The zero-order chi connectivity index (χ0) is 14.0. The second-order valence-corrected chi connectivity index (χ2v) is 5.76. The third-order valence-corrected chi connectivity index (χ3v) is 3.57. The van der Waals surface area contributed by atoms with Gasteiger partial charge in [-0.2, -0.15) is 0 Å². The molecule has 3 N–H and O–H groups in total. The van der Waals surface area contributed by atoms with Crippen LogP contribution in [-0.4, -0.2) is 18.5 Å². The molecule has 0 amide bonds. The van der Waals surface area contributed by atoms with Crippen molar-refractivity contribution >= 4 is 29.2 Å². The summed E-state index contributed by atoms with van der Waals surface area (Å²) in [5.74, 6) is 0.837. The summed E-state index contributed by atoms with van der Waals surface area (Å²) >= 11 is 12.1. The van der Waals surface area contributed by atoms with Gasteiger partial charge in [0, 0.05) is 22.0 Å². The highest BCUT2D eigenvalue weighted by Crippen LogP contribution is 2.44. The van der Waals surface area contributed by atoms with Gasteiger partial charge in [0.15, 0.2) is 5.96 Å². The van der Waals surface area contributed by atoms with Crippen LogP contribution in [0.25, 0.3) is 0 Å². The highest BCUT2D eigenvalue weighted by molar-refractivity contribution is 6.35. The molecule has 0 spiro atoms. The summed E-state index contributed by atoms with van der Waals surface area (Å²) in [6, 6.07) is 5.90. The second kappa shape index (κ2) is 5.85. The van der Waals surface area contributed by atoms with E-state index in [1.54, 1.807) is 6.07 Å². The smallest absolute Gasteiger partial charge is 0.189 e. The molecule has 19 heavy (non-hydrogen) atoms. The lowest BCUT2D eigenvalue weighted by molar-refractivity contribution is 0.852. The Kier molecular flexibility index (Phi) is 4.38.